The van der Waals surface area contributed by atoms with E-state index in [0.717, 1.165) is 12.8 Å². The maximum atomic E-state index is 10.8. The summed E-state index contributed by atoms with van der Waals surface area (Å²) in [6.07, 6.45) is 1.79. The van der Waals surface area contributed by atoms with Gasteiger partial charge in [0, 0.05) is 13.1 Å². The van der Waals surface area contributed by atoms with Gasteiger partial charge < -0.3 is 15.5 Å². The standard InChI is InChI=1S/C12H23NO4/c1-4-5-12(2,3)8-13-7-9(11(16)17)6-10(14)15/h9,13H,4-8H2,1-3H3,(H,14,15)(H,16,17). The first kappa shape index (κ1) is 15.9. The highest BCUT2D eigenvalue weighted by molar-refractivity contribution is 5.77. The first-order valence-corrected chi connectivity index (χ1v) is 5.94. The first-order valence-electron chi connectivity index (χ1n) is 5.94. The van der Waals surface area contributed by atoms with Crippen LogP contribution in [0.3, 0.4) is 0 Å². The van der Waals surface area contributed by atoms with Gasteiger partial charge in [-0.05, 0) is 11.8 Å². The van der Waals surface area contributed by atoms with Gasteiger partial charge in [-0.1, -0.05) is 27.2 Å². The van der Waals surface area contributed by atoms with E-state index in [1.54, 1.807) is 0 Å². The lowest BCUT2D eigenvalue weighted by Crippen LogP contribution is -2.36. The van der Waals surface area contributed by atoms with Crippen molar-refractivity contribution in [1.82, 2.24) is 5.32 Å². The van der Waals surface area contributed by atoms with Crippen molar-refractivity contribution in [3.63, 3.8) is 0 Å². The quantitative estimate of drug-likeness (QED) is 0.574. The molecule has 1 atom stereocenters. The molecular formula is C12H23NO4. The molecule has 0 aromatic carbocycles. The summed E-state index contributed by atoms with van der Waals surface area (Å²) in [5.41, 5.74) is 0.112. The Morgan fingerprint density at radius 3 is 2.29 bits per heavy atom. The Balaban J connectivity index is 4.06. The lowest BCUT2D eigenvalue weighted by atomic mass is 9.88. The monoisotopic (exact) mass is 245 g/mol. The zero-order valence-electron chi connectivity index (χ0n) is 10.8. The Morgan fingerprint density at radius 1 is 1.29 bits per heavy atom. The molecule has 0 fully saturated rings. The van der Waals surface area contributed by atoms with Gasteiger partial charge in [-0.3, -0.25) is 9.59 Å². The number of rotatable bonds is 9. The minimum absolute atomic E-state index is 0.112. The molecule has 5 nitrogen and oxygen atoms in total. The number of carboxylic acid groups (broad SMARTS) is 2. The third kappa shape index (κ3) is 7.74. The summed E-state index contributed by atoms with van der Waals surface area (Å²) >= 11 is 0. The van der Waals surface area contributed by atoms with Gasteiger partial charge in [0.05, 0.1) is 12.3 Å². The summed E-state index contributed by atoms with van der Waals surface area (Å²) in [4.78, 5) is 21.3. The van der Waals surface area contributed by atoms with Gasteiger partial charge in [-0.2, -0.15) is 0 Å². The molecule has 0 saturated carbocycles. The SMILES string of the molecule is CCCC(C)(C)CNCC(CC(=O)O)C(=O)O. The average molecular weight is 245 g/mol. The van der Waals surface area contributed by atoms with Gasteiger partial charge >= 0.3 is 11.9 Å². The molecule has 0 heterocycles. The highest BCUT2D eigenvalue weighted by atomic mass is 16.4. The van der Waals surface area contributed by atoms with E-state index in [2.05, 4.69) is 26.1 Å². The molecule has 0 aliphatic carbocycles. The molecule has 0 saturated heterocycles. The van der Waals surface area contributed by atoms with Crippen LogP contribution in [0.15, 0.2) is 0 Å². The van der Waals surface area contributed by atoms with E-state index in [9.17, 15) is 9.59 Å². The highest BCUT2D eigenvalue weighted by Crippen LogP contribution is 2.20. The molecule has 0 aliphatic heterocycles. The molecule has 0 aliphatic rings. The second kappa shape index (κ2) is 7.27. The molecule has 100 valence electrons. The van der Waals surface area contributed by atoms with Crippen LogP contribution in [0.4, 0.5) is 0 Å². The second-order valence-electron chi connectivity index (χ2n) is 5.18. The smallest absolute Gasteiger partial charge is 0.308 e. The summed E-state index contributed by atoms with van der Waals surface area (Å²) in [6, 6.07) is 0. The summed E-state index contributed by atoms with van der Waals surface area (Å²) in [5.74, 6) is -3.00. The van der Waals surface area contributed by atoms with Crippen molar-refractivity contribution in [2.24, 2.45) is 11.3 Å². The first-order chi connectivity index (χ1) is 7.78. The maximum absolute atomic E-state index is 10.8. The van der Waals surface area contributed by atoms with E-state index < -0.39 is 17.9 Å². The highest BCUT2D eigenvalue weighted by Gasteiger charge is 2.22. The Bertz CT molecular complexity index is 263. The van der Waals surface area contributed by atoms with Crippen molar-refractivity contribution < 1.29 is 19.8 Å². The zero-order valence-corrected chi connectivity index (χ0v) is 10.8. The van der Waals surface area contributed by atoms with Crippen LogP contribution in [-0.2, 0) is 9.59 Å². The Labute approximate surface area is 102 Å². The molecule has 3 N–H and O–H groups in total. The van der Waals surface area contributed by atoms with Crippen LogP contribution in [0.2, 0.25) is 0 Å². The largest absolute Gasteiger partial charge is 0.481 e. The molecule has 0 rings (SSSR count). The van der Waals surface area contributed by atoms with Gasteiger partial charge in [-0.25, -0.2) is 0 Å². The van der Waals surface area contributed by atoms with E-state index in [-0.39, 0.29) is 18.4 Å². The van der Waals surface area contributed by atoms with Crippen LogP contribution < -0.4 is 5.32 Å². The van der Waals surface area contributed by atoms with Crippen LogP contribution in [0.5, 0.6) is 0 Å². The predicted octanol–water partition coefficient (Wildman–Crippen LogP) is 1.58. The van der Waals surface area contributed by atoms with E-state index in [1.165, 1.54) is 0 Å². The Morgan fingerprint density at radius 2 is 1.88 bits per heavy atom. The fourth-order valence-electron chi connectivity index (χ4n) is 1.81. The number of carboxylic acids is 2. The molecule has 1 unspecified atom stereocenters. The van der Waals surface area contributed by atoms with Crippen LogP contribution in [-0.4, -0.2) is 35.2 Å². The molecule has 0 aromatic heterocycles. The molecule has 17 heavy (non-hydrogen) atoms. The fourth-order valence-corrected chi connectivity index (χ4v) is 1.81. The minimum atomic E-state index is -1.08. The number of aliphatic carboxylic acids is 2. The molecule has 0 aromatic rings. The van der Waals surface area contributed by atoms with Crippen LogP contribution in [0.1, 0.15) is 40.0 Å². The van der Waals surface area contributed by atoms with Crippen LogP contribution in [0.25, 0.3) is 0 Å². The van der Waals surface area contributed by atoms with Gasteiger partial charge in [0.1, 0.15) is 0 Å². The van der Waals surface area contributed by atoms with Gasteiger partial charge in [0.2, 0.25) is 0 Å². The molecule has 5 heteroatoms. The van der Waals surface area contributed by atoms with Gasteiger partial charge in [0.15, 0.2) is 0 Å². The molecule has 0 spiro atoms. The third-order valence-corrected chi connectivity index (χ3v) is 2.69. The van der Waals surface area contributed by atoms with Crippen molar-refractivity contribution in [3.05, 3.63) is 0 Å². The van der Waals surface area contributed by atoms with Crippen LogP contribution in [0, 0.1) is 11.3 Å². The number of carbonyl (C=O) groups is 2. The van der Waals surface area contributed by atoms with Crippen molar-refractivity contribution in [1.29, 1.82) is 0 Å². The van der Waals surface area contributed by atoms with E-state index in [1.807, 2.05) is 0 Å². The second-order valence-corrected chi connectivity index (χ2v) is 5.18. The number of hydrogen-bond acceptors (Lipinski definition) is 3. The average Bonchev–Trinajstić information content (AvgIpc) is 2.14. The normalized spacial score (nSPS) is 13.4. The van der Waals surface area contributed by atoms with Crippen molar-refractivity contribution >= 4 is 11.9 Å². The summed E-state index contributed by atoms with van der Waals surface area (Å²) in [7, 11) is 0. The number of nitrogens with one attached hydrogen (secondary N) is 1. The van der Waals surface area contributed by atoms with Crippen molar-refractivity contribution in [2.75, 3.05) is 13.1 Å². The van der Waals surface area contributed by atoms with E-state index >= 15 is 0 Å². The lowest BCUT2D eigenvalue weighted by molar-refractivity contribution is -0.148. The van der Waals surface area contributed by atoms with E-state index in [0.29, 0.717) is 6.54 Å². The Kier molecular flexibility index (Phi) is 6.80. The summed E-state index contributed by atoms with van der Waals surface area (Å²) in [6.45, 7) is 7.22. The molecule has 0 amide bonds. The number of hydrogen-bond donors (Lipinski definition) is 3. The topological polar surface area (TPSA) is 86.6 Å². The molecule has 0 bridgehead atoms. The van der Waals surface area contributed by atoms with Crippen molar-refractivity contribution in [2.45, 2.75) is 40.0 Å². The van der Waals surface area contributed by atoms with Gasteiger partial charge in [-0.15, -0.1) is 0 Å². The maximum Gasteiger partial charge on any atom is 0.308 e. The van der Waals surface area contributed by atoms with Gasteiger partial charge in [0.25, 0.3) is 0 Å². The summed E-state index contributed by atoms with van der Waals surface area (Å²) < 4.78 is 0. The Hall–Kier alpha value is -1.10. The minimum Gasteiger partial charge on any atom is -0.481 e. The molecular weight excluding hydrogens is 222 g/mol. The predicted molar refractivity (Wildman–Crippen MR) is 64.9 cm³/mol. The third-order valence-electron chi connectivity index (χ3n) is 2.69. The zero-order chi connectivity index (χ0) is 13.5. The van der Waals surface area contributed by atoms with Crippen molar-refractivity contribution in [3.8, 4) is 0 Å². The lowest BCUT2D eigenvalue weighted by Gasteiger charge is -2.25. The summed E-state index contributed by atoms with van der Waals surface area (Å²) in [5, 5.41) is 20.5. The molecule has 0 radical (unpaired) electrons. The van der Waals surface area contributed by atoms with E-state index in [4.69, 9.17) is 10.2 Å². The fraction of sp³-hybridized carbons (Fsp3) is 0.833. The van der Waals surface area contributed by atoms with Crippen LogP contribution >= 0.6 is 0 Å².